The number of amides is 1. The second-order valence-corrected chi connectivity index (χ2v) is 8.72. The van der Waals surface area contributed by atoms with Crippen LogP contribution in [0.2, 0.25) is 0 Å². The third kappa shape index (κ3) is 3.42. The van der Waals surface area contributed by atoms with Crippen molar-refractivity contribution >= 4 is 13.7 Å². The molecule has 0 aromatic carbocycles. The molecule has 8 heteroatoms. The van der Waals surface area contributed by atoms with Crippen molar-refractivity contribution in [2.24, 2.45) is 5.41 Å². The van der Waals surface area contributed by atoms with E-state index >= 15 is 0 Å². The lowest BCUT2D eigenvalue weighted by Gasteiger charge is -2.42. The summed E-state index contributed by atoms with van der Waals surface area (Å²) in [5.41, 5.74) is -1.70. The Bertz CT molecular complexity index is 456. The van der Waals surface area contributed by atoms with Crippen LogP contribution in [0.15, 0.2) is 0 Å². The molecule has 7 nitrogen and oxygen atoms in total. The molecule has 0 bridgehead atoms. The fourth-order valence-electron chi connectivity index (χ4n) is 2.79. The average Bonchev–Trinajstić information content (AvgIpc) is 2.67. The first-order chi connectivity index (χ1) is 9.60. The minimum absolute atomic E-state index is 0.159. The van der Waals surface area contributed by atoms with Crippen LogP contribution in [0.4, 0.5) is 4.79 Å². The van der Waals surface area contributed by atoms with E-state index in [1.165, 1.54) is 4.90 Å². The number of hydrogen-bond acceptors (Lipinski definition) is 5. The predicted molar refractivity (Wildman–Crippen MR) is 76.3 cm³/mol. The van der Waals surface area contributed by atoms with Gasteiger partial charge in [-0.2, -0.15) is 0 Å². The van der Waals surface area contributed by atoms with Crippen molar-refractivity contribution < 1.29 is 28.3 Å². The van der Waals surface area contributed by atoms with E-state index in [-0.39, 0.29) is 13.2 Å². The zero-order valence-electron chi connectivity index (χ0n) is 13.0. The number of carbonyl (C=O) groups excluding carboxylic acids is 1. The largest absolute Gasteiger partial charge is 0.444 e. The van der Waals surface area contributed by atoms with Crippen LogP contribution < -0.4 is 0 Å². The van der Waals surface area contributed by atoms with E-state index in [0.717, 1.165) is 0 Å². The zero-order chi connectivity index (χ0) is 15.9. The van der Waals surface area contributed by atoms with Gasteiger partial charge >= 0.3 is 13.7 Å². The zero-order valence-corrected chi connectivity index (χ0v) is 13.9. The van der Waals surface area contributed by atoms with Gasteiger partial charge in [0.1, 0.15) is 5.60 Å². The highest BCUT2D eigenvalue weighted by atomic mass is 31.2. The summed E-state index contributed by atoms with van der Waals surface area (Å²) in [5.74, 6) is 0. The van der Waals surface area contributed by atoms with Crippen molar-refractivity contribution in [3.05, 3.63) is 0 Å². The molecule has 1 amide bonds. The number of likely N-dealkylation sites (tertiary alicyclic amines) is 1. The molecule has 122 valence electrons. The Morgan fingerprint density at radius 3 is 2.52 bits per heavy atom. The van der Waals surface area contributed by atoms with Gasteiger partial charge in [0.05, 0.1) is 30.9 Å². The SMILES string of the molecule is CCOP(=O)(O)C1CN(C(=O)OC(C)(C)C)CC12COC2. The van der Waals surface area contributed by atoms with Crippen molar-refractivity contribution in [3.63, 3.8) is 0 Å². The van der Waals surface area contributed by atoms with Gasteiger partial charge in [-0.05, 0) is 27.7 Å². The number of hydrogen-bond donors (Lipinski definition) is 1. The molecule has 21 heavy (non-hydrogen) atoms. The Hall–Kier alpha value is -0.620. The van der Waals surface area contributed by atoms with Crippen LogP contribution in [-0.4, -0.2) is 60.1 Å². The molecule has 0 radical (unpaired) electrons. The van der Waals surface area contributed by atoms with Gasteiger partial charge in [0.25, 0.3) is 0 Å². The average molecular weight is 321 g/mol. The summed E-state index contributed by atoms with van der Waals surface area (Å²) in [5, 5.41) is 0. The van der Waals surface area contributed by atoms with E-state index in [1.54, 1.807) is 27.7 Å². The van der Waals surface area contributed by atoms with Crippen LogP contribution >= 0.6 is 7.60 Å². The normalized spacial score (nSPS) is 27.3. The molecule has 2 saturated heterocycles. The molecule has 2 rings (SSSR count). The second kappa shape index (κ2) is 5.54. The molecule has 0 aromatic rings. The Morgan fingerprint density at radius 1 is 1.48 bits per heavy atom. The minimum Gasteiger partial charge on any atom is -0.444 e. The van der Waals surface area contributed by atoms with Crippen LogP contribution in [0.5, 0.6) is 0 Å². The molecule has 2 aliphatic rings. The van der Waals surface area contributed by atoms with E-state index in [4.69, 9.17) is 14.0 Å². The van der Waals surface area contributed by atoms with Crippen LogP contribution in [-0.2, 0) is 18.6 Å². The summed E-state index contributed by atoms with van der Waals surface area (Å²) in [4.78, 5) is 23.8. The van der Waals surface area contributed by atoms with Gasteiger partial charge in [-0.3, -0.25) is 4.57 Å². The van der Waals surface area contributed by atoms with Gasteiger partial charge in [-0.1, -0.05) is 0 Å². The Morgan fingerprint density at radius 2 is 2.10 bits per heavy atom. The molecule has 2 atom stereocenters. The van der Waals surface area contributed by atoms with Gasteiger partial charge < -0.3 is 23.8 Å². The summed E-state index contributed by atoms with van der Waals surface area (Å²) >= 11 is 0. The third-order valence-electron chi connectivity index (χ3n) is 3.74. The molecule has 2 unspecified atom stereocenters. The van der Waals surface area contributed by atoms with Crippen molar-refractivity contribution in [3.8, 4) is 0 Å². The smallest absolute Gasteiger partial charge is 0.410 e. The van der Waals surface area contributed by atoms with Crippen LogP contribution in [0.3, 0.4) is 0 Å². The standard InChI is InChI=1S/C13H24NO6P/c1-5-19-21(16,17)10-6-14(7-13(10)8-18-9-13)11(15)20-12(2,3)4/h10H,5-9H2,1-4H3,(H,16,17). The van der Waals surface area contributed by atoms with Gasteiger partial charge in [0.2, 0.25) is 0 Å². The molecule has 0 saturated carbocycles. The lowest BCUT2D eigenvalue weighted by atomic mass is 9.85. The van der Waals surface area contributed by atoms with Gasteiger partial charge in [0.15, 0.2) is 0 Å². The summed E-state index contributed by atoms with van der Waals surface area (Å²) in [6, 6.07) is 0. The fourth-order valence-corrected chi connectivity index (χ4v) is 4.67. The number of carbonyl (C=O) groups is 1. The Kier molecular flexibility index (Phi) is 4.42. The van der Waals surface area contributed by atoms with Gasteiger partial charge in [-0.25, -0.2) is 4.79 Å². The maximum absolute atomic E-state index is 12.4. The lowest BCUT2D eigenvalue weighted by molar-refractivity contribution is -0.105. The molecule has 0 aromatic heterocycles. The van der Waals surface area contributed by atoms with Crippen LogP contribution in [0.1, 0.15) is 27.7 Å². The summed E-state index contributed by atoms with van der Waals surface area (Å²) < 4.78 is 28.0. The number of nitrogens with zero attached hydrogens (tertiary/aromatic N) is 1. The second-order valence-electron chi connectivity index (χ2n) is 6.71. The number of ether oxygens (including phenoxy) is 2. The lowest BCUT2D eigenvalue weighted by Crippen LogP contribution is -2.51. The van der Waals surface area contributed by atoms with Gasteiger partial charge in [0, 0.05) is 13.1 Å². The van der Waals surface area contributed by atoms with E-state index in [2.05, 4.69) is 0 Å². The van der Waals surface area contributed by atoms with Crippen molar-refractivity contribution in [1.82, 2.24) is 4.90 Å². The molecule has 1 N–H and O–H groups in total. The van der Waals surface area contributed by atoms with E-state index < -0.39 is 30.4 Å². The molecular weight excluding hydrogens is 297 g/mol. The topological polar surface area (TPSA) is 85.3 Å². The highest BCUT2D eigenvalue weighted by Gasteiger charge is 2.60. The van der Waals surface area contributed by atoms with Crippen molar-refractivity contribution in [2.45, 2.75) is 39.0 Å². The molecule has 2 heterocycles. The Labute approximate surface area is 125 Å². The highest BCUT2D eigenvalue weighted by molar-refractivity contribution is 7.53. The summed E-state index contributed by atoms with van der Waals surface area (Å²) in [6.07, 6.45) is -0.465. The van der Waals surface area contributed by atoms with E-state index in [0.29, 0.717) is 19.8 Å². The van der Waals surface area contributed by atoms with E-state index in [9.17, 15) is 14.3 Å². The molecular formula is C13H24NO6P. The van der Waals surface area contributed by atoms with Crippen LogP contribution in [0.25, 0.3) is 0 Å². The van der Waals surface area contributed by atoms with Crippen molar-refractivity contribution in [1.29, 1.82) is 0 Å². The quantitative estimate of drug-likeness (QED) is 0.798. The monoisotopic (exact) mass is 321 g/mol. The first kappa shape index (κ1) is 16.7. The molecule has 1 spiro atoms. The predicted octanol–water partition coefficient (Wildman–Crippen LogP) is 1.84. The highest BCUT2D eigenvalue weighted by Crippen LogP contribution is 2.59. The van der Waals surface area contributed by atoms with Gasteiger partial charge in [-0.15, -0.1) is 0 Å². The maximum Gasteiger partial charge on any atom is 0.410 e. The van der Waals surface area contributed by atoms with Crippen LogP contribution in [0, 0.1) is 5.41 Å². The van der Waals surface area contributed by atoms with Crippen molar-refractivity contribution in [2.75, 3.05) is 32.9 Å². The molecule has 0 aliphatic carbocycles. The first-order valence-electron chi connectivity index (χ1n) is 7.12. The summed E-state index contributed by atoms with van der Waals surface area (Å²) in [6.45, 7) is 8.47. The summed E-state index contributed by atoms with van der Waals surface area (Å²) in [7, 11) is -3.78. The first-order valence-corrected chi connectivity index (χ1v) is 8.77. The maximum atomic E-state index is 12.4. The molecule has 2 aliphatic heterocycles. The minimum atomic E-state index is -3.78. The fraction of sp³-hybridized carbons (Fsp3) is 0.923. The molecule has 2 fully saturated rings. The number of rotatable bonds is 3. The van der Waals surface area contributed by atoms with E-state index in [1.807, 2.05) is 0 Å². The third-order valence-corrected chi connectivity index (χ3v) is 5.87. The Balaban J connectivity index is 2.13.